The number of aromatic hydroxyl groups is 1. The summed E-state index contributed by atoms with van der Waals surface area (Å²) in [7, 11) is -5.01. The molecular formula is C11H13N3O9S. The summed E-state index contributed by atoms with van der Waals surface area (Å²) in [6.07, 6.45) is -0.668. The van der Waals surface area contributed by atoms with Gasteiger partial charge >= 0.3 is 5.97 Å². The Hall–Kier alpha value is -2.93. The molecule has 0 aliphatic carbocycles. The lowest BCUT2D eigenvalue weighted by Crippen LogP contribution is -2.31. The Bertz CT molecular complexity index is 790. The Morgan fingerprint density at radius 1 is 1.38 bits per heavy atom. The zero-order valence-corrected chi connectivity index (χ0v) is 12.7. The predicted octanol–water partition coefficient (Wildman–Crippen LogP) is -0.322. The highest BCUT2D eigenvalue weighted by molar-refractivity contribution is 7.86. The Balaban J connectivity index is 3.35. The predicted molar refractivity (Wildman–Crippen MR) is 78.1 cm³/mol. The van der Waals surface area contributed by atoms with Crippen LogP contribution in [0, 0.1) is 10.1 Å². The van der Waals surface area contributed by atoms with Crippen molar-refractivity contribution in [2.45, 2.75) is 23.8 Å². The first-order valence-electron chi connectivity index (χ1n) is 6.20. The number of nitrogens with one attached hydrogen (secondary N) is 1. The zero-order chi connectivity index (χ0) is 18.7. The third-order valence-corrected chi connectivity index (χ3v) is 3.72. The van der Waals surface area contributed by atoms with E-state index in [9.17, 15) is 33.2 Å². The summed E-state index contributed by atoms with van der Waals surface area (Å²) in [4.78, 5) is 30.5. The summed E-state index contributed by atoms with van der Waals surface area (Å²) in [6.45, 7) is 0. The fourth-order valence-electron chi connectivity index (χ4n) is 1.74. The van der Waals surface area contributed by atoms with Crippen molar-refractivity contribution in [1.82, 2.24) is 0 Å². The van der Waals surface area contributed by atoms with Crippen molar-refractivity contribution >= 4 is 33.4 Å². The first-order valence-corrected chi connectivity index (χ1v) is 7.64. The van der Waals surface area contributed by atoms with Crippen LogP contribution in [0.2, 0.25) is 0 Å². The molecule has 132 valence electrons. The van der Waals surface area contributed by atoms with Crippen molar-refractivity contribution in [3.8, 4) is 5.75 Å². The highest BCUT2D eigenvalue weighted by atomic mass is 32.2. The standard InChI is InChI=1S/C11H13N3O9S/c12-9(15)2-1-6(11(17)18)13-7-3-5(14(19)20)4-8(10(7)16)24(21,22)23/h3-4,6,13,16H,1-2H2,(H2,12,15)(H,17,18)(H,21,22,23)/t6-/m0/s1. The van der Waals surface area contributed by atoms with Crippen molar-refractivity contribution in [1.29, 1.82) is 0 Å². The van der Waals surface area contributed by atoms with E-state index in [4.69, 9.17) is 15.4 Å². The number of carbonyl (C=O) groups excluding carboxylic acids is 1. The van der Waals surface area contributed by atoms with Gasteiger partial charge in [-0.1, -0.05) is 0 Å². The van der Waals surface area contributed by atoms with Crippen molar-refractivity contribution in [2.75, 3.05) is 5.32 Å². The average molecular weight is 363 g/mol. The van der Waals surface area contributed by atoms with Gasteiger partial charge in [0.2, 0.25) is 5.91 Å². The third kappa shape index (κ3) is 4.79. The number of nitro groups is 1. The lowest BCUT2D eigenvalue weighted by Gasteiger charge is -2.17. The Kier molecular flexibility index (Phi) is 5.65. The summed E-state index contributed by atoms with van der Waals surface area (Å²) < 4.78 is 31.4. The molecule has 1 atom stereocenters. The van der Waals surface area contributed by atoms with Crippen LogP contribution in [0.25, 0.3) is 0 Å². The second kappa shape index (κ2) is 7.10. The number of nitrogens with two attached hydrogens (primary N) is 1. The maximum atomic E-state index is 11.2. The number of amides is 1. The molecule has 24 heavy (non-hydrogen) atoms. The molecule has 0 aliphatic heterocycles. The molecule has 0 saturated carbocycles. The molecule has 0 bridgehead atoms. The van der Waals surface area contributed by atoms with Crippen molar-refractivity contribution in [3.63, 3.8) is 0 Å². The highest BCUT2D eigenvalue weighted by Gasteiger charge is 2.27. The van der Waals surface area contributed by atoms with Crippen LogP contribution in [0.1, 0.15) is 12.8 Å². The number of non-ortho nitro benzene ring substituents is 1. The molecule has 1 rings (SSSR count). The van der Waals surface area contributed by atoms with Crippen LogP contribution in [-0.4, -0.2) is 46.0 Å². The van der Waals surface area contributed by atoms with Crippen molar-refractivity contribution in [3.05, 3.63) is 22.2 Å². The molecule has 0 saturated heterocycles. The number of aliphatic carboxylic acids is 1. The normalized spacial score (nSPS) is 12.4. The first-order chi connectivity index (χ1) is 10.9. The molecular weight excluding hydrogens is 350 g/mol. The van der Waals surface area contributed by atoms with Crippen LogP contribution < -0.4 is 11.1 Å². The van der Waals surface area contributed by atoms with Crippen molar-refractivity contribution in [2.24, 2.45) is 5.73 Å². The van der Waals surface area contributed by atoms with E-state index in [0.717, 1.165) is 0 Å². The van der Waals surface area contributed by atoms with Crippen LogP contribution in [0.15, 0.2) is 17.0 Å². The van der Waals surface area contributed by atoms with E-state index in [1.165, 1.54) is 0 Å². The first kappa shape index (κ1) is 19.1. The number of carboxylic acid groups (broad SMARTS) is 1. The minimum absolute atomic E-state index is 0.325. The third-order valence-electron chi connectivity index (χ3n) is 2.86. The highest BCUT2D eigenvalue weighted by Crippen LogP contribution is 2.36. The molecule has 0 aromatic heterocycles. The molecule has 1 aromatic rings. The molecule has 13 heteroatoms. The van der Waals surface area contributed by atoms with Gasteiger partial charge in [0.05, 0.1) is 10.6 Å². The van der Waals surface area contributed by atoms with Gasteiger partial charge in [-0.2, -0.15) is 8.42 Å². The van der Waals surface area contributed by atoms with Gasteiger partial charge in [-0.25, -0.2) is 4.79 Å². The number of rotatable bonds is 8. The van der Waals surface area contributed by atoms with E-state index < -0.39 is 55.0 Å². The number of carbonyl (C=O) groups is 2. The summed E-state index contributed by atoms with van der Waals surface area (Å²) >= 11 is 0. The van der Waals surface area contributed by atoms with E-state index in [1.807, 2.05) is 0 Å². The summed E-state index contributed by atoms with van der Waals surface area (Å²) in [6, 6.07) is -0.404. The van der Waals surface area contributed by atoms with E-state index in [2.05, 4.69) is 5.32 Å². The molecule has 6 N–H and O–H groups in total. The van der Waals surface area contributed by atoms with Gasteiger partial charge < -0.3 is 21.3 Å². The summed E-state index contributed by atoms with van der Waals surface area (Å²) in [5.41, 5.74) is 3.46. The lowest BCUT2D eigenvalue weighted by molar-refractivity contribution is -0.385. The number of anilines is 1. The van der Waals surface area contributed by atoms with Crippen LogP contribution in [0.5, 0.6) is 5.75 Å². The van der Waals surface area contributed by atoms with Gasteiger partial charge in [0.15, 0.2) is 5.75 Å². The number of hydrogen-bond acceptors (Lipinski definition) is 8. The smallest absolute Gasteiger partial charge is 0.326 e. The quantitative estimate of drug-likeness (QED) is 0.176. The van der Waals surface area contributed by atoms with Gasteiger partial charge in [-0.15, -0.1) is 0 Å². The van der Waals surface area contributed by atoms with E-state index in [1.54, 1.807) is 0 Å². The summed E-state index contributed by atoms with van der Waals surface area (Å²) in [5.74, 6) is -3.38. The zero-order valence-electron chi connectivity index (χ0n) is 11.9. The van der Waals surface area contributed by atoms with Gasteiger partial charge in [0.1, 0.15) is 10.9 Å². The second-order valence-corrected chi connectivity index (χ2v) is 6.00. The number of primary amides is 1. The number of benzene rings is 1. The molecule has 12 nitrogen and oxygen atoms in total. The van der Waals surface area contributed by atoms with E-state index in [-0.39, 0.29) is 12.8 Å². The largest absolute Gasteiger partial charge is 0.504 e. The number of hydrogen-bond donors (Lipinski definition) is 5. The van der Waals surface area contributed by atoms with Crippen LogP contribution >= 0.6 is 0 Å². The Morgan fingerprint density at radius 2 is 1.96 bits per heavy atom. The number of carboxylic acids is 1. The summed E-state index contributed by atoms with van der Waals surface area (Å²) in [5, 5.41) is 31.9. The minimum Gasteiger partial charge on any atom is -0.504 e. The average Bonchev–Trinajstić information content (AvgIpc) is 2.42. The van der Waals surface area contributed by atoms with Crippen molar-refractivity contribution < 1.29 is 37.7 Å². The fraction of sp³-hybridized carbons (Fsp3) is 0.273. The van der Waals surface area contributed by atoms with E-state index in [0.29, 0.717) is 12.1 Å². The number of nitrogens with zero attached hydrogens (tertiary/aromatic N) is 1. The number of phenols is 1. The molecule has 1 amide bonds. The second-order valence-electron chi connectivity index (χ2n) is 4.61. The lowest BCUT2D eigenvalue weighted by atomic mass is 10.1. The molecule has 0 unspecified atom stereocenters. The fourth-order valence-corrected chi connectivity index (χ4v) is 2.36. The van der Waals surface area contributed by atoms with Crippen LogP contribution in [0.4, 0.5) is 11.4 Å². The maximum absolute atomic E-state index is 11.2. The van der Waals surface area contributed by atoms with Crippen LogP contribution in [0.3, 0.4) is 0 Å². The van der Waals surface area contributed by atoms with Gasteiger partial charge in [-0.3, -0.25) is 19.5 Å². The molecule has 0 aliphatic rings. The molecule has 0 radical (unpaired) electrons. The maximum Gasteiger partial charge on any atom is 0.326 e. The Labute approximate surface area is 134 Å². The molecule has 1 aromatic carbocycles. The van der Waals surface area contributed by atoms with Gasteiger partial charge in [0, 0.05) is 18.6 Å². The molecule has 0 spiro atoms. The Morgan fingerprint density at radius 3 is 2.38 bits per heavy atom. The van der Waals surface area contributed by atoms with Crippen LogP contribution in [-0.2, 0) is 19.7 Å². The molecule has 0 heterocycles. The molecule has 0 fully saturated rings. The topological polar surface area (TPSA) is 210 Å². The monoisotopic (exact) mass is 363 g/mol. The number of nitro benzene ring substituents is 1. The van der Waals surface area contributed by atoms with Gasteiger partial charge in [-0.05, 0) is 6.42 Å². The SMILES string of the molecule is NC(=O)CC[C@H](Nc1cc([N+](=O)[O-])cc(S(=O)(=O)O)c1O)C(=O)O. The van der Waals surface area contributed by atoms with E-state index >= 15 is 0 Å². The van der Waals surface area contributed by atoms with Gasteiger partial charge in [0.25, 0.3) is 15.8 Å². The minimum atomic E-state index is -5.01. The number of phenolic OH excluding ortho intramolecular Hbond substituents is 1.